The second-order valence-electron chi connectivity index (χ2n) is 10.3. The molecule has 0 atom stereocenters. The zero-order chi connectivity index (χ0) is 26.6. The molecular formula is C31H34N6O. The molecule has 0 saturated carbocycles. The third-order valence-corrected chi connectivity index (χ3v) is 7.42. The van der Waals surface area contributed by atoms with Crippen LogP contribution in [0.1, 0.15) is 51.1 Å². The average Bonchev–Trinajstić information content (AvgIpc) is 3.33. The van der Waals surface area contributed by atoms with Gasteiger partial charge in [0, 0.05) is 41.8 Å². The smallest absolute Gasteiger partial charge is 0.255 e. The van der Waals surface area contributed by atoms with Crippen LogP contribution >= 0.6 is 0 Å². The number of fused-ring (bicyclic) bond motifs is 1. The fourth-order valence-corrected chi connectivity index (χ4v) is 4.95. The number of hydrogen-bond acceptors (Lipinski definition) is 5. The zero-order valence-electron chi connectivity index (χ0n) is 22.5. The summed E-state index contributed by atoms with van der Waals surface area (Å²) in [7, 11) is 4.34. The number of aromatic nitrogens is 3. The molecule has 2 aromatic carbocycles. The molecule has 0 aliphatic carbocycles. The Balaban J connectivity index is 1.25. The number of amides is 1. The van der Waals surface area contributed by atoms with Crippen molar-refractivity contribution < 1.29 is 4.79 Å². The third-order valence-electron chi connectivity index (χ3n) is 7.42. The first-order chi connectivity index (χ1) is 18.4. The maximum absolute atomic E-state index is 13.1. The summed E-state index contributed by atoms with van der Waals surface area (Å²) >= 11 is 0. The van der Waals surface area contributed by atoms with Crippen LogP contribution in [0.4, 0.5) is 5.69 Å². The molecule has 1 aliphatic rings. The Morgan fingerprint density at radius 3 is 2.63 bits per heavy atom. The molecule has 0 bridgehead atoms. The third kappa shape index (κ3) is 5.77. The summed E-state index contributed by atoms with van der Waals surface area (Å²) in [4.78, 5) is 26.4. The van der Waals surface area contributed by atoms with E-state index in [-0.39, 0.29) is 5.91 Å². The molecule has 5 rings (SSSR count). The van der Waals surface area contributed by atoms with Crippen molar-refractivity contribution in [1.82, 2.24) is 24.2 Å². The lowest BCUT2D eigenvalue weighted by molar-refractivity contribution is 0.102. The number of imidazole rings is 1. The quantitative estimate of drug-likeness (QED) is 0.403. The second kappa shape index (κ2) is 11.2. The average molecular weight is 507 g/mol. The van der Waals surface area contributed by atoms with E-state index in [1.54, 1.807) is 18.6 Å². The van der Waals surface area contributed by atoms with Gasteiger partial charge in [-0.3, -0.25) is 19.1 Å². The fraction of sp³-hybridized carbons (Fsp3) is 0.323. The van der Waals surface area contributed by atoms with Crippen molar-refractivity contribution in [2.24, 2.45) is 0 Å². The van der Waals surface area contributed by atoms with Crippen LogP contribution in [0.25, 0.3) is 5.65 Å². The van der Waals surface area contributed by atoms with Gasteiger partial charge in [0.1, 0.15) is 5.69 Å². The largest absolute Gasteiger partial charge is 0.322 e. The first-order valence-electron chi connectivity index (χ1n) is 13.1. The predicted molar refractivity (Wildman–Crippen MR) is 151 cm³/mol. The normalized spacial score (nSPS) is 14.4. The van der Waals surface area contributed by atoms with Crippen molar-refractivity contribution in [1.29, 1.82) is 0 Å². The monoisotopic (exact) mass is 506 g/mol. The molecular weight excluding hydrogens is 472 g/mol. The SMILES string of the molecule is Cc1ccc(C(=O)Nc2ccc(CN3CCC(N(C)C)CC3)c(C)c2)cc1C#Cc1cnc2cnccn12. The van der Waals surface area contributed by atoms with E-state index in [1.807, 2.05) is 41.8 Å². The number of carbonyl (C=O) groups is 1. The van der Waals surface area contributed by atoms with E-state index in [9.17, 15) is 4.79 Å². The molecule has 38 heavy (non-hydrogen) atoms. The highest BCUT2D eigenvalue weighted by molar-refractivity contribution is 6.04. The van der Waals surface area contributed by atoms with Crippen molar-refractivity contribution in [3.8, 4) is 11.8 Å². The van der Waals surface area contributed by atoms with E-state index >= 15 is 0 Å². The number of nitrogens with one attached hydrogen (secondary N) is 1. The van der Waals surface area contributed by atoms with Gasteiger partial charge >= 0.3 is 0 Å². The summed E-state index contributed by atoms with van der Waals surface area (Å²) in [5, 5.41) is 3.06. The van der Waals surface area contributed by atoms with Crippen LogP contribution < -0.4 is 5.32 Å². The van der Waals surface area contributed by atoms with Crippen molar-refractivity contribution in [2.45, 2.75) is 39.3 Å². The summed E-state index contributed by atoms with van der Waals surface area (Å²) in [6.07, 6.45) is 9.39. The van der Waals surface area contributed by atoms with E-state index in [1.165, 1.54) is 24.0 Å². The van der Waals surface area contributed by atoms with Crippen molar-refractivity contribution in [3.63, 3.8) is 0 Å². The van der Waals surface area contributed by atoms with Gasteiger partial charge in [0.15, 0.2) is 5.65 Å². The maximum Gasteiger partial charge on any atom is 0.255 e. The Morgan fingerprint density at radius 2 is 1.87 bits per heavy atom. The summed E-state index contributed by atoms with van der Waals surface area (Å²) in [5.74, 6) is 6.25. The molecule has 1 fully saturated rings. The lowest BCUT2D eigenvalue weighted by atomic mass is 10.0. The number of hydrogen-bond donors (Lipinski definition) is 1. The van der Waals surface area contributed by atoms with E-state index in [0.717, 1.165) is 47.8 Å². The standard InChI is InChI=1S/C31H34N6O/c1-22-5-6-25(18-24(22)8-10-29-19-33-30-20-32-13-16-37(29)30)31(38)34-27-9-7-26(23(2)17-27)21-36-14-11-28(12-15-36)35(3)4/h5-7,9,13,16-20,28H,11-12,14-15,21H2,1-4H3,(H,34,38). The molecule has 3 heterocycles. The fourth-order valence-electron chi connectivity index (χ4n) is 4.95. The molecule has 194 valence electrons. The van der Waals surface area contributed by atoms with Crippen LogP contribution in [0.2, 0.25) is 0 Å². The summed E-state index contributed by atoms with van der Waals surface area (Å²) in [6, 6.07) is 12.5. The lowest BCUT2D eigenvalue weighted by Crippen LogP contribution is -2.41. The number of rotatable bonds is 5. The molecule has 7 heteroatoms. The van der Waals surface area contributed by atoms with Crippen molar-refractivity contribution in [2.75, 3.05) is 32.5 Å². The minimum atomic E-state index is -0.146. The van der Waals surface area contributed by atoms with Gasteiger partial charge in [-0.1, -0.05) is 18.1 Å². The van der Waals surface area contributed by atoms with Crippen LogP contribution in [-0.2, 0) is 6.54 Å². The molecule has 7 nitrogen and oxygen atoms in total. The highest BCUT2D eigenvalue weighted by Crippen LogP contribution is 2.21. The number of aryl methyl sites for hydroxylation is 2. The number of carbonyl (C=O) groups excluding carboxylic acids is 1. The summed E-state index contributed by atoms with van der Waals surface area (Å²) in [6.45, 7) is 7.30. The van der Waals surface area contributed by atoms with Gasteiger partial charge in [0.05, 0.1) is 12.4 Å². The molecule has 2 aromatic heterocycles. The molecule has 1 N–H and O–H groups in total. The van der Waals surface area contributed by atoms with Gasteiger partial charge in [-0.2, -0.15) is 0 Å². The van der Waals surface area contributed by atoms with Crippen LogP contribution in [0.3, 0.4) is 0 Å². The Labute approximate surface area is 224 Å². The van der Waals surface area contributed by atoms with Gasteiger partial charge in [-0.25, -0.2) is 4.98 Å². The first-order valence-corrected chi connectivity index (χ1v) is 13.1. The van der Waals surface area contributed by atoms with Crippen LogP contribution in [0.15, 0.2) is 61.2 Å². The molecule has 0 unspecified atom stereocenters. The Bertz CT molecular complexity index is 1520. The summed E-state index contributed by atoms with van der Waals surface area (Å²) in [5.41, 5.74) is 7.22. The molecule has 1 saturated heterocycles. The number of likely N-dealkylation sites (tertiary alicyclic amines) is 1. The van der Waals surface area contributed by atoms with E-state index < -0.39 is 0 Å². The Morgan fingerprint density at radius 1 is 1.05 bits per heavy atom. The van der Waals surface area contributed by atoms with E-state index in [2.05, 4.69) is 70.1 Å². The minimum Gasteiger partial charge on any atom is -0.322 e. The predicted octanol–water partition coefficient (Wildman–Crippen LogP) is 4.52. The highest BCUT2D eigenvalue weighted by atomic mass is 16.1. The van der Waals surface area contributed by atoms with Crippen LogP contribution in [0.5, 0.6) is 0 Å². The van der Waals surface area contributed by atoms with Crippen molar-refractivity contribution >= 4 is 17.2 Å². The Kier molecular flexibility index (Phi) is 7.54. The highest BCUT2D eigenvalue weighted by Gasteiger charge is 2.21. The first kappa shape index (κ1) is 25.7. The maximum atomic E-state index is 13.1. The molecule has 1 amide bonds. The number of benzene rings is 2. The topological polar surface area (TPSA) is 65.8 Å². The summed E-state index contributed by atoms with van der Waals surface area (Å²) < 4.78 is 1.89. The number of piperidine rings is 1. The van der Waals surface area contributed by atoms with Crippen LogP contribution in [-0.4, -0.2) is 63.3 Å². The number of anilines is 1. The lowest BCUT2D eigenvalue weighted by Gasteiger charge is -2.35. The van der Waals surface area contributed by atoms with Gasteiger partial charge in [0.2, 0.25) is 0 Å². The van der Waals surface area contributed by atoms with Gasteiger partial charge in [-0.05, 0) is 101 Å². The molecule has 0 spiro atoms. The molecule has 0 radical (unpaired) electrons. The van der Waals surface area contributed by atoms with Crippen LogP contribution in [0, 0.1) is 25.7 Å². The number of nitrogens with zero attached hydrogens (tertiary/aromatic N) is 5. The van der Waals surface area contributed by atoms with E-state index in [0.29, 0.717) is 11.6 Å². The molecule has 1 aliphatic heterocycles. The Hall–Kier alpha value is -3.99. The van der Waals surface area contributed by atoms with Gasteiger partial charge in [-0.15, -0.1) is 0 Å². The minimum absolute atomic E-state index is 0.146. The van der Waals surface area contributed by atoms with Crippen molar-refractivity contribution in [3.05, 3.63) is 94.7 Å². The second-order valence-corrected chi connectivity index (χ2v) is 10.3. The molecule has 4 aromatic rings. The van der Waals surface area contributed by atoms with Gasteiger partial charge in [0.25, 0.3) is 5.91 Å². The van der Waals surface area contributed by atoms with E-state index in [4.69, 9.17) is 0 Å². The van der Waals surface area contributed by atoms with Gasteiger partial charge < -0.3 is 10.2 Å². The zero-order valence-corrected chi connectivity index (χ0v) is 22.5.